The van der Waals surface area contributed by atoms with E-state index in [0.717, 1.165) is 5.01 Å². The predicted octanol–water partition coefficient (Wildman–Crippen LogP) is 3.46. The van der Waals surface area contributed by atoms with Gasteiger partial charge >= 0.3 is 0 Å². The third-order valence-electron chi connectivity index (χ3n) is 2.92. The number of nitrogens with zero attached hydrogens (tertiary/aromatic N) is 2. The molecule has 0 spiro atoms. The van der Waals surface area contributed by atoms with E-state index in [4.69, 9.17) is 0 Å². The minimum Gasteiger partial charge on any atom is -0.301 e. The van der Waals surface area contributed by atoms with E-state index in [0.29, 0.717) is 5.56 Å². The molecule has 5 nitrogen and oxygen atoms in total. The van der Waals surface area contributed by atoms with Gasteiger partial charge in [-0.1, -0.05) is 18.2 Å². The maximum absolute atomic E-state index is 11.0. The molecule has 0 radical (unpaired) electrons. The van der Waals surface area contributed by atoms with Crippen molar-refractivity contribution in [2.75, 3.05) is 0 Å². The minimum absolute atomic E-state index is 0.0646. The van der Waals surface area contributed by atoms with Crippen LogP contribution in [0.4, 0.5) is 5.69 Å². The normalized spacial score (nSPS) is 14.0. The van der Waals surface area contributed by atoms with E-state index in [2.05, 4.69) is 10.3 Å². The van der Waals surface area contributed by atoms with Gasteiger partial charge in [0.1, 0.15) is 5.01 Å². The Hall–Kier alpha value is -1.79. The molecule has 2 aromatic rings. The number of aromatic nitrogens is 1. The quantitative estimate of drug-likeness (QED) is 0.671. The maximum Gasteiger partial charge on any atom is 0.274 e. The smallest absolute Gasteiger partial charge is 0.274 e. The molecule has 0 fully saturated rings. The number of hydrogen-bond donors (Lipinski definition) is 1. The highest BCUT2D eigenvalue weighted by atomic mass is 32.1. The fraction of sp³-hybridized carbons (Fsp3) is 0.308. The highest BCUT2D eigenvalue weighted by molar-refractivity contribution is 7.09. The molecule has 1 heterocycles. The number of rotatable bonds is 5. The zero-order valence-corrected chi connectivity index (χ0v) is 11.6. The van der Waals surface area contributed by atoms with E-state index in [1.807, 2.05) is 25.3 Å². The van der Waals surface area contributed by atoms with E-state index >= 15 is 0 Å². The molecule has 2 unspecified atom stereocenters. The van der Waals surface area contributed by atoms with Gasteiger partial charge in [-0.15, -0.1) is 11.3 Å². The molecule has 2 rings (SSSR count). The van der Waals surface area contributed by atoms with Gasteiger partial charge in [-0.25, -0.2) is 4.98 Å². The Labute approximate surface area is 115 Å². The van der Waals surface area contributed by atoms with Crippen LogP contribution in [0.2, 0.25) is 0 Å². The zero-order valence-electron chi connectivity index (χ0n) is 10.7. The molecule has 1 aromatic carbocycles. The first-order valence-corrected chi connectivity index (χ1v) is 6.86. The molecule has 0 amide bonds. The van der Waals surface area contributed by atoms with Crippen molar-refractivity contribution in [2.45, 2.75) is 25.9 Å². The molecule has 1 N–H and O–H groups in total. The summed E-state index contributed by atoms with van der Waals surface area (Å²) in [5.74, 6) is 0. The van der Waals surface area contributed by atoms with Crippen molar-refractivity contribution in [3.63, 3.8) is 0 Å². The molecular weight excluding hydrogens is 262 g/mol. The SMILES string of the molecule is CC(NC(C)c1ccccc1[N+](=O)[O-])c1nccs1. The summed E-state index contributed by atoms with van der Waals surface area (Å²) in [4.78, 5) is 14.9. The van der Waals surface area contributed by atoms with Crippen LogP contribution in [0.15, 0.2) is 35.8 Å². The van der Waals surface area contributed by atoms with Crippen molar-refractivity contribution in [1.82, 2.24) is 10.3 Å². The lowest BCUT2D eigenvalue weighted by Gasteiger charge is -2.18. The van der Waals surface area contributed by atoms with Gasteiger partial charge in [-0.3, -0.25) is 10.1 Å². The Bertz CT molecular complexity index is 557. The minimum atomic E-state index is -0.346. The topological polar surface area (TPSA) is 68.1 Å². The first kappa shape index (κ1) is 13.6. The Morgan fingerprint density at radius 2 is 2.05 bits per heavy atom. The van der Waals surface area contributed by atoms with Crippen molar-refractivity contribution in [1.29, 1.82) is 0 Å². The second-order valence-electron chi connectivity index (χ2n) is 4.30. The van der Waals surface area contributed by atoms with E-state index in [1.54, 1.807) is 29.7 Å². The van der Waals surface area contributed by atoms with Gasteiger partial charge in [0, 0.05) is 29.2 Å². The van der Waals surface area contributed by atoms with Crippen molar-refractivity contribution in [3.8, 4) is 0 Å². The summed E-state index contributed by atoms with van der Waals surface area (Å²) in [7, 11) is 0. The molecule has 0 bridgehead atoms. The number of para-hydroxylation sites is 1. The average Bonchev–Trinajstić information content (AvgIpc) is 2.92. The zero-order chi connectivity index (χ0) is 13.8. The molecule has 19 heavy (non-hydrogen) atoms. The number of hydrogen-bond acceptors (Lipinski definition) is 5. The lowest BCUT2D eigenvalue weighted by Crippen LogP contribution is -2.23. The molecule has 0 aliphatic rings. The Morgan fingerprint density at radius 3 is 2.68 bits per heavy atom. The van der Waals surface area contributed by atoms with Crippen molar-refractivity contribution >= 4 is 17.0 Å². The number of thiazole rings is 1. The summed E-state index contributed by atoms with van der Waals surface area (Å²) >= 11 is 1.57. The summed E-state index contributed by atoms with van der Waals surface area (Å²) in [6.07, 6.45) is 1.76. The van der Waals surface area contributed by atoms with Gasteiger partial charge in [0.05, 0.1) is 11.0 Å². The summed E-state index contributed by atoms with van der Waals surface area (Å²) < 4.78 is 0. The molecule has 1 aromatic heterocycles. The van der Waals surface area contributed by atoms with Crippen LogP contribution >= 0.6 is 11.3 Å². The third kappa shape index (κ3) is 3.15. The number of benzene rings is 1. The lowest BCUT2D eigenvalue weighted by atomic mass is 10.1. The van der Waals surface area contributed by atoms with Crippen LogP contribution in [0, 0.1) is 10.1 Å². The van der Waals surface area contributed by atoms with Gasteiger partial charge in [0.2, 0.25) is 0 Å². The van der Waals surface area contributed by atoms with Crippen LogP contribution in [0.1, 0.15) is 36.5 Å². The van der Waals surface area contributed by atoms with Crippen LogP contribution in [0.25, 0.3) is 0 Å². The lowest BCUT2D eigenvalue weighted by molar-refractivity contribution is -0.385. The Balaban J connectivity index is 2.16. The molecule has 0 saturated carbocycles. The van der Waals surface area contributed by atoms with Crippen molar-refractivity contribution in [2.24, 2.45) is 0 Å². The molecule has 100 valence electrons. The first-order valence-electron chi connectivity index (χ1n) is 5.98. The number of nitro benzene ring substituents is 1. The summed E-state index contributed by atoms with van der Waals surface area (Å²) in [6.45, 7) is 3.93. The van der Waals surface area contributed by atoms with Gasteiger partial charge in [0.15, 0.2) is 0 Å². The van der Waals surface area contributed by atoms with Crippen LogP contribution in [0.3, 0.4) is 0 Å². The van der Waals surface area contributed by atoms with Gasteiger partial charge in [-0.05, 0) is 13.8 Å². The molecule has 2 atom stereocenters. The van der Waals surface area contributed by atoms with E-state index in [9.17, 15) is 10.1 Å². The fourth-order valence-electron chi connectivity index (χ4n) is 2.00. The molecule has 6 heteroatoms. The standard InChI is InChI=1S/C13H15N3O2S/c1-9(15-10(2)13-14-7-8-19-13)11-5-3-4-6-12(11)16(17)18/h3-10,15H,1-2H3. The average molecular weight is 277 g/mol. The molecule has 0 saturated heterocycles. The third-order valence-corrected chi connectivity index (χ3v) is 3.88. The summed E-state index contributed by atoms with van der Waals surface area (Å²) in [5, 5.41) is 17.2. The van der Waals surface area contributed by atoms with E-state index in [-0.39, 0.29) is 22.7 Å². The first-order chi connectivity index (χ1) is 9.09. The molecular formula is C13H15N3O2S. The van der Waals surface area contributed by atoms with Gasteiger partial charge in [0.25, 0.3) is 5.69 Å². The Kier molecular flexibility index (Phi) is 4.24. The largest absolute Gasteiger partial charge is 0.301 e. The molecule has 0 aliphatic heterocycles. The monoisotopic (exact) mass is 277 g/mol. The highest BCUT2D eigenvalue weighted by Gasteiger charge is 2.20. The summed E-state index contributed by atoms with van der Waals surface area (Å²) in [6, 6.07) is 6.76. The fourth-order valence-corrected chi connectivity index (χ4v) is 2.66. The summed E-state index contributed by atoms with van der Waals surface area (Å²) in [5.41, 5.74) is 0.838. The predicted molar refractivity (Wildman–Crippen MR) is 75.2 cm³/mol. The van der Waals surface area contributed by atoms with Crippen LogP contribution in [-0.4, -0.2) is 9.91 Å². The highest BCUT2D eigenvalue weighted by Crippen LogP contribution is 2.27. The van der Waals surface area contributed by atoms with Gasteiger partial charge < -0.3 is 5.32 Å². The van der Waals surface area contributed by atoms with Crippen LogP contribution in [0.5, 0.6) is 0 Å². The maximum atomic E-state index is 11.0. The molecule has 0 aliphatic carbocycles. The Morgan fingerprint density at radius 1 is 1.32 bits per heavy atom. The van der Waals surface area contributed by atoms with Gasteiger partial charge in [-0.2, -0.15) is 0 Å². The second kappa shape index (κ2) is 5.90. The second-order valence-corrected chi connectivity index (χ2v) is 5.22. The van der Waals surface area contributed by atoms with Crippen LogP contribution in [-0.2, 0) is 0 Å². The van der Waals surface area contributed by atoms with E-state index in [1.165, 1.54) is 6.07 Å². The van der Waals surface area contributed by atoms with E-state index < -0.39 is 0 Å². The van der Waals surface area contributed by atoms with Crippen molar-refractivity contribution in [3.05, 3.63) is 56.5 Å². The number of nitrogens with one attached hydrogen (secondary N) is 1. The van der Waals surface area contributed by atoms with Crippen LogP contribution < -0.4 is 5.32 Å². The number of nitro groups is 1. The van der Waals surface area contributed by atoms with Crippen molar-refractivity contribution < 1.29 is 4.92 Å².